The third-order valence-corrected chi connectivity index (χ3v) is 6.80. The third kappa shape index (κ3) is 6.66. The molecule has 0 bridgehead atoms. The summed E-state index contributed by atoms with van der Waals surface area (Å²) in [5.41, 5.74) is 1.75. The van der Waals surface area contributed by atoms with Crippen molar-refractivity contribution < 1.29 is 27.2 Å². The smallest absolute Gasteiger partial charge is 0.222 e. The van der Waals surface area contributed by atoms with Crippen LogP contribution in [0.4, 0.5) is 0 Å². The maximum absolute atomic E-state index is 12.2. The average molecular weight is 506 g/mol. The highest BCUT2D eigenvalue weighted by Crippen LogP contribution is 2.37. The van der Waals surface area contributed by atoms with E-state index in [0.717, 1.165) is 11.1 Å². The molecule has 0 aliphatic heterocycles. The SMILES string of the molecule is CC(C)(c1ccc(O[P+](=O)Oc2ccccc2)cc1)c1ccc(O[P+](=O)Oc2ccccc2)cc1. The van der Waals surface area contributed by atoms with Crippen molar-refractivity contribution in [3.63, 3.8) is 0 Å². The molecule has 0 radical (unpaired) electrons. The summed E-state index contributed by atoms with van der Waals surface area (Å²) in [6.45, 7) is 4.19. The van der Waals surface area contributed by atoms with E-state index < -0.39 is 16.5 Å². The topological polar surface area (TPSA) is 71.1 Å². The molecular formula is C27H24O6P2+2. The van der Waals surface area contributed by atoms with Gasteiger partial charge >= 0.3 is 16.5 Å². The summed E-state index contributed by atoms with van der Waals surface area (Å²) >= 11 is 0. The molecule has 0 saturated carbocycles. The molecule has 0 N–H and O–H groups in total. The Morgan fingerprint density at radius 2 is 0.743 bits per heavy atom. The number of hydrogen-bond acceptors (Lipinski definition) is 6. The van der Waals surface area contributed by atoms with Crippen LogP contribution < -0.4 is 18.1 Å². The second kappa shape index (κ2) is 11.1. The second-order valence-electron chi connectivity index (χ2n) is 8.11. The average Bonchev–Trinajstić information content (AvgIpc) is 2.86. The minimum absolute atomic E-state index is 0.331. The van der Waals surface area contributed by atoms with Gasteiger partial charge in [0.2, 0.25) is 0 Å². The number of rotatable bonds is 10. The fourth-order valence-electron chi connectivity index (χ4n) is 3.38. The summed E-state index contributed by atoms with van der Waals surface area (Å²) < 4.78 is 45.8. The van der Waals surface area contributed by atoms with Crippen molar-refractivity contribution in [2.45, 2.75) is 19.3 Å². The van der Waals surface area contributed by atoms with Crippen LogP contribution in [0.3, 0.4) is 0 Å². The molecule has 6 nitrogen and oxygen atoms in total. The molecule has 0 amide bonds. The van der Waals surface area contributed by atoms with Crippen LogP contribution >= 0.6 is 16.5 Å². The first-order valence-electron chi connectivity index (χ1n) is 10.9. The number of hydrogen-bond donors (Lipinski definition) is 0. The zero-order valence-electron chi connectivity index (χ0n) is 19.2. The van der Waals surface area contributed by atoms with Crippen molar-refractivity contribution in [1.29, 1.82) is 0 Å². The van der Waals surface area contributed by atoms with Gasteiger partial charge in [-0.05, 0) is 59.7 Å². The van der Waals surface area contributed by atoms with Crippen LogP contribution in [0.2, 0.25) is 0 Å². The van der Waals surface area contributed by atoms with Crippen molar-refractivity contribution in [1.82, 2.24) is 0 Å². The van der Waals surface area contributed by atoms with Crippen molar-refractivity contribution in [2.75, 3.05) is 0 Å². The molecule has 8 heteroatoms. The van der Waals surface area contributed by atoms with Gasteiger partial charge in [-0.25, -0.2) is 18.1 Å². The maximum Gasteiger partial charge on any atom is 0.805 e. The monoisotopic (exact) mass is 506 g/mol. The second-order valence-corrected chi connectivity index (χ2v) is 9.74. The third-order valence-electron chi connectivity index (χ3n) is 5.36. The zero-order chi connectivity index (χ0) is 24.7. The molecule has 35 heavy (non-hydrogen) atoms. The molecule has 4 rings (SSSR count). The molecule has 0 heterocycles. The number of para-hydroxylation sites is 2. The Balaban J connectivity index is 1.36. The van der Waals surface area contributed by atoms with Gasteiger partial charge in [0, 0.05) is 14.5 Å². The van der Waals surface area contributed by atoms with E-state index in [0.29, 0.717) is 23.0 Å². The van der Waals surface area contributed by atoms with Gasteiger partial charge in [0.1, 0.15) is 0 Å². The predicted molar refractivity (Wildman–Crippen MR) is 136 cm³/mol. The molecule has 176 valence electrons. The minimum atomic E-state index is -2.34. The molecular weight excluding hydrogens is 482 g/mol. The van der Waals surface area contributed by atoms with Crippen LogP contribution in [-0.4, -0.2) is 0 Å². The quantitative estimate of drug-likeness (QED) is 0.202. The van der Waals surface area contributed by atoms with E-state index >= 15 is 0 Å². The Labute approximate surface area is 206 Å². The Morgan fingerprint density at radius 3 is 1.06 bits per heavy atom. The van der Waals surface area contributed by atoms with Crippen LogP contribution in [0.25, 0.3) is 0 Å². The highest BCUT2D eigenvalue weighted by atomic mass is 31.1. The van der Waals surface area contributed by atoms with Gasteiger partial charge in [-0.1, -0.05) is 74.5 Å². The Bertz CT molecular complexity index is 1170. The van der Waals surface area contributed by atoms with Gasteiger partial charge in [-0.2, -0.15) is 0 Å². The van der Waals surface area contributed by atoms with Crippen LogP contribution in [-0.2, 0) is 14.5 Å². The van der Waals surface area contributed by atoms with Crippen molar-refractivity contribution >= 4 is 16.5 Å². The minimum Gasteiger partial charge on any atom is -0.222 e. The van der Waals surface area contributed by atoms with Crippen LogP contribution in [0.15, 0.2) is 109 Å². The first-order chi connectivity index (χ1) is 16.9. The van der Waals surface area contributed by atoms with E-state index in [9.17, 15) is 9.13 Å². The highest BCUT2D eigenvalue weighted by Gasteiger charge is 2.28. The lowest BCUT2D eigenvalue weighted by Crippen LogP contribution is -2.18. The van der Waals surface area contributed by atoms with Gasteiger partial charge in [0.05, 0.1) is 0 Å². The molecule has 2 atom stereocenters. The Hall–Kier alpha value is -3.72. The lowest BCUT2D eigenvalue weighted by molar-refractivity contribution is 0.414. The molecule has 0 aliphatic rings. The van der Waals surface area contributed by atoms with E-state index in [-0.39, 0.29) is 5.41 Å². The van der Waals surface area contributed by atoms with Gasteiger partial charge in [0.15, 0.2) is 23.0 Å². The fourth-order valence-corrected chi connectivity index (χ4v) is 4.63. The Kier molecular flexibility index (Phi) is 7.77. The maximum atomic E-state index is 12.2. The van der Waals surface area contributed by atoms with Gasteiger partial charge < -0.3 is 0 Å². The molecule has 0 fully saturated rings. The highest BCUT2D eigenvalue weighted by molar-refractivity contribution is 7.34. The molecule has 0 saturated heterocycles. The van der Waals surface area contributed by atoms with Crippen molar-refractivity contribution in [3.8, 4) is 23.0 Å². The van der Waals surface area contributed by atoms with Gasteiger partial charge in [-0.15, -0.1) is 0 Å². The molecule has 4 aromatic rings. The summed E-state index contributed by atoms with van der Waals surface area (Å²) in [7, 11) is -4.68. The summed E-state index contributed by atoms with van der Waals surface area (Å²) in [5.74, 6) is 1.87. The molecule has 0 spiro atoms. The van der Waals surface area contributed by atoms with Crippen molar-refractivity contribution in [3.05, 3.63) is 120 Å². The summed E-state index contributed by atoms with van der Waals surface area (Å²) in [6, 6.07) is 32.5. The van der Waals surface area contributed by atoms with Crippen LogP contribution in [0.1, 0.15) is 25.0 Å². The molecule has 2 unspecified atom stereocenters. The first-order valence-corrected chi connectivity index (χ1v) is 13.1. The lowest BCUT2D eigenvalue weighted by atomic mass is 9.78. The van der Waals surface area contributed by atoms with Gasteiger partial charge in [0.25, 0.3) is 0 Å². The van der Waals surface area contributed by atoms with E-state index in [4.69, 9.17) is 18.1 Å². The molecule has 4 aromatic carbocycles. The first kappa shape index (κ1) is 24.4. The van der Waals surface area contributed by atoms with Crippen LogP contribution in [0, 0.1) is 0 Å². The number of benzene rings is 4. The van der Waals surface area contributed by atoms with E-state index in [2.05, 4.69) is 13.8 Å². The zero-order valence-corrected chi connectivity index (χ0v) is 21.0. The normalized spacial score (nSPS) is 11.8. The van der Waals surface area contributed by atoms with Crippen molar-refractivity contribution in [2.24, 2.45) is 0 Å². The standard InChI is InChI=1S/C27H24O6P2/c1-27(2,21-13-17-25(18-14-21)32-34(28)30-23-9-5-3-6-10-23)22-15-19-26(20-16-22)33-35(29)31-24-11-7-4-8-12-24/h3-20H,1-2H3/q+2. The molecule has 0 aliphatic carbocycles. The molecule has 0 aromatic heterocycles. The fraction of sp³-hybridized carbons (Fsp3) is 0.111. The largest absolute Gasteiger partial charge is 0.805 e. The Morgan fingerprint density at radius 1 is 0.457 bits per heavy atom. The summed E-state index contributed by atoms with van der Waals surface area (Å²) in [6.07, 6.45) is 0. The van der Waals surface area contributed by atoms with E-state index in [1.807, 2.05) is 36.4 Å². The van der Waals surface area contributed by atoms with E-state index in [1.165, 1.54) is 0 Å². The van der Waals surface area contributed by atoms with E-state index in [1.54, 1.807) is 72.8 Å². The lowest BCUT2D eigenvalue weighted by Gasteiger charge is -2.26. The summed E-state index contributed by atoms with van der Waals surface area (Å²) in [4.78, 5) is 0. The summed E-state index contributed by atoms with van der Waals surface area (Å²) in [5, 5.41) is 0. The van der Waals surface area contributed by atoms with Gasteiger partial charge in [-0.3, -0.25) is 0 Å². The van der Waals surface area contributed by atoms with Crippen LogP contribution in [0.5, 0.6) is 23.0 Å². The predicted octanol–water partition coefficient (Wildman–Crippen LogP) is 8.24.